The standard InChI is InChI=1S/C13H19NO2S/c1-10(6-5-9-15)14-13(16)11-7-3-4-8-12(11)17-2/h3-4,7-8,10,15H,5-6,9H2,1-2H3,(H,14,16). The van der Waals surface area contributed by atoms with Gasteiger partial charge in [0.2, 0.25) is 0 Å². The SMILES string of the molecule is CSc1ccccc1C(=O)NC(C)CCCO. The van der Waals surface area contributed by atoms with Crippen LogP contribution in [0.2, 0.25) is 0 Å². The van der Waals surface area contributed by atoms with Crippen molar-refractivity contribution in [1.82, 2.24) is 5.32 Å². The lowest BCUT2D eigenvalue weighted by molar-refractivity contribution is 0.0933. The Balaban J connectivity index is 2.63. The van der Waals surface area contributed by atoms with Crippen LogP contribution >= 0.6 is 11.8 Å². The van der Waals surface area contributed by atoms with Crippen LogP contribution in [0.25, 0.3) is 0 Å². The second kappa shape index (κ2) is 7.35. The van der Waals surface area contributed by atoms with Gasteiger partial charge in [-0.3, -0.25) is 4.79 Å². The summed E-state index contributed by atoms with van der Waals surface area (Å²) in [5, 5.41) is 11.7. The van der Waals surface area contributed by atoms with Crippen LogP contribution in [0, 0.1) is 0 Å². The highest BCUT2D eigenvalue weighted by molar-refractivity contribution is 7.98. The molecule has 0 bridgehead atoms. The smallest absolute Gasteiger partial charge is 0.252 e. The number of rotatable bonds is 6. The van der Waals surface area contributed by atoms with Crippen molar-refractivity contribution < 1.29 is 9.90 Å². The minimum Gasteiger partial charge on any atom is -0.396 e. The second-order valence-corrected chi connectivity index (χ2v) is 4.79. The van der Waals surface area contributed by atoms with Gasteiger partial charge in [0, 0.05) is 17.5 Å². The summed E-state index contributed by atoms with van der Waals surface area (Å²) in [5.41, 5.74) is 0.718. The maximum absolute atomic E-state index is 12.0. The number of amides is 1. The topological polar surface area (TPSA) is 49.3 Å². The van der Waals surface area contributed by atoms with Gasteiger partial charge in [-0.25, -0.2) is 0 Å². The van der Waals surface area contributed by atoms with E-state index in [1.165, 1.54) is 0 Å². The highest BCUT2D eigenvalue weighted by Crippen LogP contribution is 2.19. The van der Waals surface area contributed by atoms with Crippen LogP contribution in [-0.2, 0) is 0 Å². The highest BCUT2D eigenvalue weighted by atomic mass is 32.2. The number of carbonyl (C=O) groups excluding carboxylic acids is 1. The Bertz CT molecular complexity index is 368. The van der Waals surface area contributed by atoms with Gasteiger partial charge in [-0.1, -0.05) is 12.1 Å². The third-order valence-corrected chi connectivity index (χ3v) is 3.32. The molecule has 1 unspecified atom stereocenters. The summed E-state index contributed by atoms with van der Waals surface area (Å²) in [6, 6.07) is 7.66. The van der Waals surface area contributed by atoms with Gasteiger partial charge in [-0.2, -0.15) is 0 Å². The molecule has 2 N–H and O–H groups in total. The van der Waals surface area contributed by atoms with Crippen LogP contribution in [0.1, 0.15) is 30.1 Å². The lowest BCUT2D eigenvalue weighted by atomic mass is 10.1. The van der Waals surface area contributed by atoms with Crippen molar-refractivity contribution in [2.75, 3.05) is 12.9 Å². The van der Waals surface area contributed by atoms with Gasteiger partial charge in [0.15, 0.2) is 0 Å². The predicted molar refractivity (Wildman–Crippen MR) is 71.5 cm³/mol. The normalized spacial score (nSPS) is 12.2. The van der Waals surface area contributed by atoms with Crippen LogP contribution in [0.3, 0.4) is 0 Å². The maximum Gasteiger partial charge on any atom is 0.252 e. The number of benzene rings is 1. The fraction of sp³-hybridized carbons (Fsp3) is 0.462. The molecule has 3 nitrogen and oxygen atoms in total. The van der Waals surface area contributed by atoms with Crippen LogP contribution in [-0.4, -0.2) is 29.9 Å². The van der Waals surface area contributed by atoms with Crippen molar-refractivity contribution >= 4 is 17.7 Å². The summed E-state index contributed by atoms with van der Waals surface area (Å²) in [6.07, 6.45) is 3.47. The fourth-order valence-electron chi connectivity index (χ4n) is 1.60. The van der Waals surface area contributed by atoms with E-state index in [0.717, 1.165) is 16.9 Å². The van der Waals surface area contributed by atoms with E-state index < -0.39 is 0 Å². The molecule has 0 aliphatic carbocycles. The predicted octanol–water partition coefficient (Wildman–Crippen LogP) is 2.30. The Morgan fingerprint density at radius 3 is 2.82 bits per heavy atom. The first-order valence-corrected chi connectivity index (χ1v) is 6.96. The average Bonchev–Trinajstić information content (AvgIpc) is 2.36. The zero-order chi connectivity index (χ0) is 12.7. The Labute approximate surface area is 107 Å². The van der Waals surface area contributed by atoms with Gasteiger partial charge in [0.1, 0.15) is 0 Å². The molecule has 1 aromatic carbocycles. The number of aliphatic hydroxyl groups is 1. The molecule has 0 aromatic heterocycles. The van der Waals surface area contributed by atoms with Crippen LogP contribution in [0.4, 0.5) is 0 Å². The molecular formula is C13H19NO2S. The number of nitrogens with one attached hydrogen (secondary N) is 1. The molecule has 0 aliphatic rings. The Kier molecular flexibility index (Phi) is 6.08. The zero-order valence-electron chi connectivity index (χ0n) is 10.3. The number of thioether (sulfide) groups is 1. The molecule has 4 heteroatoms. The highest BCUT2D eigenvalue weighted by Gasteiger charge is 2.12. The summed E-state index contributed by atoms with van der Waals surface area (Å²) in [5.74, 6) is -0.0413. The molecule has 1 amide bonds. The van der Waals surface area contributed by atoms with Gasteiger partial charge >= 0.3 is 0 Å². The summed E-state index contributed by atoms with van der Waals surface area (Å²) in [6.45, 7) is 2.12. The molecule has 1 atom stereocenters. The second-order valence-electron chi connectivity index (χ2n) is 3.94. The van der Waals surface area contributed by atoms with E-state index in [0.29, 0.717) is 6.42 Å². The van der Waals surface area contributed by atoms with E-state index in [9.17, 15) is 4.79 Å². The molecule has 94 valence electrons. The lowest BCUT2D eigenvalue weighted by Crippen LogP contribution is -2.32. The molecule has 0 heterocycles. The molecule has 0 saturated carbocycles. The largest absolute Gasteiger partial charge is 0.396 e. The van der Waals surface area contributed by atoms with Crippen LogP contribution in [0.5, 0.6) is 0 Å². The average molecular weight is 253 g/mol. The molecule has 0 spiro atoms. The first-order valence-electron chi connectivity index (χ1n) is 5.73. The molecule has 0 fully saturated rings. The fourth-order valence-corrected chi connectivity index (χ4v) is 2.20. The Morgan fingerprint density at radius 1 is 1.47 bits per heavy atom. The summed E-state index contributed by atoms with van der Waals surface area (Å²) >= 11 is 1.57. The quantitative estimate of drug-likeness (QED) is 0.765. The molecular weight excluding hydrogens is 234 g/mol. The number of hydrogen-bond donors (Lipinski definition) is 2. The summed E-state index contributed by atoms with van der Waals surface area (Å²) < 4.78 is 0. The minimum absolute atomic E-state index is 0.0413. The van der Waals surface area contributed by atoms with Gasteiger partial charge in [0.05, 0.1) is 5.56 Å². The number of hydrogen-bond acceptors (Lipinski definition) is 3. The third-order valence-electron chi connectivity index (χ3n) is 2.52. The van der Waals surface area contributed by atoms with E-state index in [-0.39, 0.29) is 18.6 Å². The zero-order valence-corrected chi connectivity index (χ0v) is 11.1. The first-order chi connectivity index (χ1) is 8.19. The van der Waals surface area contributed by atoms with Crippen molar-refractivity contribution in [2.24, 2.45) is 0 Å². The Morgan fingerprint density at radius 2 is 2.18 bits per heavy atom. The lowest BCUT2D eigenvalue weighted by Gasteiger charge is -2.14. The molecule has 17 heavy (non-hydrogen) atoms. The van der Waals surface area contributed by atoms with Gasteiger partial charge in [-0.05, 0) is 38.2 Å². The molecule has 1 aromatic rings. The van der Waals surface area contributed by atoms with Gasteiger partial charge in [0.25, 0.3) is 5.91 Å². The van der Waals surface area contributed by atoms with Crippen molar-refractivity contribution in [2.45, 2.75) is 30.7 Å². The minimum atomic E-state index is -0.0413. The van der Waals surface area contributed by atoms with E-state index in [1.54, 1.807) is 11.8 Å². The first kappa shape index (κ1) is 14.1. The van der Waals surface area contributed by atoms with E-state index >= 15 is 0 Å². The summed E-state index contributed by atoms with van der Waals surface area (Å²) in [4.78, 5) is 13.0. The van der Waals surface area contributed by atoms with Crippen LogP contribution in [0.15, 0.2) is 29.2 Å². The van der Waals surface area contributed by atoms with E-state index in [4.69, 9.17) is 5.11 Å². The number of carbonyl (C=O) groups is 1. The molecule has 0 radical (unpaired) electrons. The van der Waals surface area contributed by atoms with Gasteiger partial charge < -0.3 is 10.4 Å². The van der Waals surface area contributed by atoms with Gasteiger partial charge in [-0.15, -0.1) is 11.8 Å². The van der Waals surface area contributed by atoms with Crippen LogP contribution < -0.4 is 5.32 Å². The van der Waals surface area contributed by atoms with Crippen molar-refractivity contribution in [3.63, 3.8) is 0 Å². The van der Waals surface area contributed by atoms with E-state index in [1.807, 2.05) is 37.4 Å². The van der Waals surface area contributed by atoms with E-state index in [2.05, 4.69) is 5.32 Å². The monoisotopic (exact) mass is 253 g/mol. The molecule has 1 rings (SSSR count). The summed E-state index contributed by atoms with van der Waals surface area (Å²) in [7, 11) is 0. The number of aliphatic hydroxyl groups excluding tert-OH is 1. The molecule has 0 aliphatic heterocycles. The Hall–Kier alpha value is -1.00. The van der Waals surface area contributed by atoms with Crippen molar-refractivity contribution in [3.8, 4) is 0 Å². The molecule has 0 saturated heterocycles. The van der Waals surface area contributed by atoms with Crippen molar-refractivity contribution in [3.05, 3.63) is 29.8 Å². The maximum atomic E-state index is 12.0. The van der Waals surface area contributed by atoms with Crippen molar-refractivity contribution in [1.29, 1.82) is 0 Å². The third kappa shape index (κ3) is 4.40.